The first kappa shape index (κ1) is 22.5. The number of hydrogen-bond acceptors (Lipinski definition) is 3. The van der Waals surface area contributed by atoms with Crippen molar-refractivity contribution in [1.29, 1.82) is 0 Å². The zero-order valence-electron chi connectivity index (χ0n) is 18.6. The predicted molar refractivity (Wildman–Crippen MR) is 120 cm³/mol. The van der Waals surface area contributed by atoms with Crippen LogP contribution in [0, 0.1) is 5.92 Å². The molecule has 1 fully saturated rings. The molecule has 0 saturated carbocycles. The average Bonchev–Trinajstić information content (AvgIpc) is 2.99. The van der Waals surface area contributed by atoms with Gasteiger partial charge in [-0.25, -0.2) is 4.79 Å². The molecule has 1 saturated heterocycles. The van der Waals surface area contributed by atoms with Gasteiger partial charge in [0.15, 0.2) is 0 Å². The Morgan fingerprint density at radius 3 is 2.26 bits per heavy atom. The average molecular weight is 422 g/mol. The third-order valence-electron chi connectivity index (χ3n) is 5.78. The number of rotatable bonds is 8. The summed E-state index contributed by atoms with van der Waals surface area (Å²) in [6.45, 7) is 7.78. The summed E-state index contributed by atoms with van der Waals surface area (Å²) in [4.78, 5) is 39.4. The maximum Gasteiger partial charge on any atom is 0.325 e. The van der Waals surface area contributed by atoms with Gasteiger partial charge in [-0.2, -0.15) is 0 Å². The second kappa shape index (κ2) is 9.33. The fourth-order valence-corrected chi connectivity index (χ4v) is 4.06. The number of carbonyl (C=O) groups excluding carboxylic acids is 3. The summed E-state index contributed by atoms with van der Waals surface area (Å²) in [7, 11) is 0. The van der Waals surface area contributed by atoms with Crippen LogP contribution in [0.2, 0.25) is 0 Å². The molecule has 4 amide bonds. The molecule has 1 heterocycles. The van der Waals surface area contributed by atoms with Gasteiger partial charge in [-0.15, -0.1) is 0 Å². The van der Waals surface area contributed by atoms with E-state index in [0.717, 1.165) is 16.9 Å². The van der Waals surface area contributed by atoms with E-state index in [4.69, 9.17) is 0 Å². The highest BCUT2D eigenvalue weighted by atomic mass is 16.2. The monoisotopic (exact) mass is 421 g/mol. The lowest BCUT2D eigenvalue weighted by Crippen LogP contribution is -2.45. The molecule has 0 aliphatic carbocycles. The van der Waals surface area contributed by atoms with Crippen LogP contribution in [0.25, 0.3) is 0 Å². The lowest BCUT2D eigenvalue weighted by atomic mass is 9.87. The molecule has 2 aromatic rings. The molecule has 164 valence electrons. The minimum Gasteiger partial charge on any atom is -0.348 e. The Labute approximate surface area is 184 Å². The van der Waals surface area contributed by atoms with Crippen LogP contribution >= 0.6 is 0 Å². The van der Waals surface area contributed by atoms with Crippen molar-refractivity contribution in [1.82, 2.24) is 15.5 Å². The van der Waals surface area contributed by atoms with Gasteiger partial charge < -0.3 is 10.6 Å². The fraction of sp³-hybridized carbons (Fsp3) is 0.400. The highest BCUT2D eigenvalue weighted by molar-refractivity contribution is 6.09. The second-order valence-electron chi connectivity index (χ2n) is 8.58. The molecule has 1 aliphatic heterocycles. The number of amides is 4. The van der Waals surface area contributed by atoms with E-state index in [0.29, 0.717) is 17.9 Å². The van der Waals surface area contributed by atoms with E-state index in [1.807, 2.05) is 56.3 Å². The van der Waals surface area contributed by atoms with Crippen molar-refractivity contribution in [3.05, 3.63) is 71.3 Å². The predicted octanol–water partition coefficient (Wildman–Crippen LogP) is 3.92. The van der Waals surface area contributed by atoms with E-state index in [2.05, 4.69) is 36.6 Å². The van der Waals surface area contributed by atoms with E-state index < -0.39 is 17.5 Å². The zero-order chi connectivity index (χ0) is 22.6. The summed E-state index contributed by atoms with van der Waals surface area (Å²) in [5.41, 5.74) is 1.82. The first-order valence-corrected chi connectivity index (χ1v) is 10.8. The van der Waals surface area contributed by atoms with E-state index in [1.54, 1.807) is 0 Å². The molecule has 6 nitrogen and oxygen atoms in total. The van der Waals surface area contributed by atoms with Crippen LogP contribution in [0.15, 0.2) is 54.6 Å². The van der Waals surface area contributed by atoms with Crippen molar-refractivity contribution in [2.45, 2.75) is 52.1 Å². The van der Waals surface area contributed by atoms with Gasteiger partial charge >= 0.3 is 6.03 Å². The largest absolute Gasteiger partial charge is 0.348 e. The highest BCUT2D eigenvalue weighted by Gasteiger charge is 2.51. The van der Waals surface area contributed by atoms with Crippen LogP contribution in [0.3, 0.4) is 0 Å². The number of hydrogen-bond donors (Lipinski definition) is 2. The molecular formula is C25H31N3O3. The Kier molecular flexibility index (Phi) is 6.78. The standard InChI is InChI=1S/C25H31N3O3/c1-5-25(21-9-7-6-8-10-21)23(30)28(24(31)27-25)16-22(29)26-18(4)20-13-11-19(12-14-20)15-17(2)3/h6-14,17-18H,5,15-16H2,1-4H3,(H,26,29)(H,27,31)/t18-,25+/m0/s1. The van der Waals surface area contributed by atoms with Gasteiger partial charge in [-0.1, -0.05) is 75.4 Å². The van der Waals surface area contributed by atoms with Gasteiger partial charge in [-0.3, -0.25) is 14.5 Å². The van der Waals surface area contributed by atoms with Crippen molar-refractivity contribution >= 4 is 17.8 Å². The van der Waals surface area contributed by atoms with Crippen molar-refractivity contribution in [2.75, 3.05) is 6.54 Å². The molecule has 2 N–H and O–H groups in total. The third kappa shape index (κ3) is 4.79. The first-order valence-electron chi connectivity index (χ1n) is 10.8. The molecule has 0 unspecified atom stereocenters. The summed E-state index contributed by atoms with van der Waals surface area (Å²) >= 11 is 0. The van der Waals surface area contributed by atoms with E-state index in [1.165, 1.54) is 5.56 Å². The molecule has 2 atom stereocenters. The van der Waals surface area contributed by atoms with E-state index in [-0.39, 0.29) is 18.5 Å². The van der Waals surface area contributed by atoms with Crippen LogP contribution in [0.1, 0.15) is 56.8 Å². The molecule has 1 aliphatic rings. The normalized spacial score (nSPS) is 19.5. The topological polar surface area (TPSA) is 78.5 Å². The minimum absolute atomic E-state index is 0.230. The summed E-state index contributed by atoms with van der Waals surface area (Å²) < 4.78 is 0. The molecule has 31 heavy (non-hydrogen) atoms. The van der Waals surface area contributed by atoms with Crippen molar-refractivity contribution in [3.63, 3.8) is 0 Å². The molecule has 0 radical (unpaired) electrons. The van der Waals surface area contributed by atoms with Crippen molar-refractivity contribution in [2.24, 2.45) is 5.92 Å². The van der Waals surface area contributed by atoms with Gasteiger partial charge in [0.1, 0.15) is 12.1 Å². The summed E-state index contributed by atoms with van der Waals surface area (Å²) in [5.74, 6) is -0.187. The zero-order valence-corrected chi connectivity index (χ0v) is 18.6. The quantitative estimate of drug-likeness (QED) is 0.634. The summed E-state index contributed by atoms with van der Waals surface area (Å²) in [6.07, 6.45) is 1.41. The number of benzene rings is 2. The van der Waals surface area contributed by atoms with Gasteiger partial charge in [0.05, 0.1) is 6.04 Å². The number of nitrogens with zero attached hydrogens (tertiary/aromatic N) is 1. The Morgan fingerprint density at radius 2 is 1.68 bits per heavy atom. The molecule has 6 heteroatoms. The SMILES string of the molecule is CC[C@]1(c2ccccc2)NC(=O)N(CC(=O)N[C@@H](C)c2ccc(CC(C)C)cc2)C1=O. The smallest absolute Gasteiger partial charge is 0.325 e. The molecule has 0 spiro atoms. The van der Waals surface area contributed by atoms with Crippen molar-refractivity contribution in [3.8, 4) is 0 Å². The molecular weight excluding hydrogens is 390 g/mol. The van der Waals surface area contributed by atoms with Gasteiger partial charge in [-0.05, 0) is 42.4 Å². The lowest BCUT2D eigenvalue weighted by Gasteiger charge is -2.25. The maximum absolute atomic E-state index is 13.1. The van der Waals surface area contributed by atoms with E-state index in [9.17, 15) is 14.4 Å². The van der Waals surface area contributed by atoms with Gasteiger partial charge in [0.25, 0.3) is 5.91 Å². The first-order chi connectivity index (χ1) is 14.8. The van der Waals surface area contributed by atoms with Crippen LogP contribution in [-0.4, -0.2) is 29.3 Å². The fourth-order valence-electron chi connectivity index (χ4n) is 4.06. The Hall–Kier alpha value is -3.15. The number of urea groups is 1. The third-order valence-corrected chi connectivity index (χ3v) is 5.78. The van der Waals surface area contributed by atoms with Crippen LogP contribution in [0.4, 0.5) is 4.79 Å². The van der Waals surface area contributed by atoms with Gasteiger partial charge in [0.2, 0.25) is 5.91 Å². The Bertz CT molecular complexity index is 940. The van der Waals surface area contributed by atoms with Crippen LogP contribution in [-0.2, 0) is 21.5 Å². The van der Waals surface area contributed by atoms with Crippen LogP contribution < -0.4 is 10.6 Å². The Balaban J connectivity index is 1.66. The lowest BCUT2D eigenvalue weighted by molar-refractivity contribution is -0.135. The number of carbonyl (C=O) groups is 3. The summed E-state index contributed by atoms with van der Waals surface area (Å²) in [5, 5.41) is 5.70. The van der Waals surface area contributed by atoms with Crippen molar-refractivity contribution < 1.29 is 14.4 Å². The van der Waals surface area contributed by atoms with Crippen LogP contribution in [0.5, 0.6) is 0 Å². The molecule has 0 bridgehead atoms. The van der Waals surface area contributed by atoms with Gasteiger partial charge in [0, 0.05) is 0 Å². The molecule has 3 rings (SSSR count). The minimum atomic E-state index is -1.13. The number of imide groups is 1. The van der Waals surface area contributed by atoms with E-state index >= 15 is 0 Å². The molecule has 0 aromatic heterocycles. The maximum atomic E-state index is 13.1. The highest BCUT2D eigenvalue weighted by Crippen LogP contribution is 2.32. The number of nitrogens with one attached hydrogen (secondary N) is 2. The Morgan fingerprint density at radius 1 is 1.03 bits per heavy atom. The second-order valence-corrected chi connectivity index (χ2v) is 8.58. The summed E-state index contributed by atoms with van der Waals surface area (Å²) in [6, 6.07) is 16.5. The molecule has 2 aromatic carbocycles.